The van der Waals surface area contributed by atoms with Crippen LogP contribution in [0.25, 0.3) is 49.7 Å². The van der Waals surface area contributed by atoms with Gasteiger partial charge in [-0.25, -0.2) is 9.97 Å². The Bertz CT molecular complexity index is 1740. The molecule has 0 saturated carbocycles. The molecule has 0 bridgehead atoms. The Kier molecular flexibility index (Phi) is 2.74. The van der Waals surface area contributed by atoms with Gasteiger partial charge in [0.2, 0.25) is 0 Å². The van der Waals surface area contributed by atoms with Crippen LogP contribution >= 0.6 is 0 Å². The van der Waals surface area contributed by atoms with E-state index in [-0.39, 0.29) is 0 Å². The smallest absolute Gasteiger partial charge is 0.146 e. The molecule has 0 atom stereocenters. The van der Waals surface area contributed by atoms with Crippen molar-refractivity contribution in [1.29, 1.82) is 0 Å². The van der Waals surface area contributed by atoms with Crippen molar-refractivity contribution in [2.45, 2.75) is 12.8 Å². The van der Waals surface area contributed by atoms with Crippen LogP contribution in [0.5, 0.6) is 0 Å². The van der Waals surface area contributed by atoms with E-state index in [2.05, 4.69) is 64.0 Å². The Hall–Kier alpha value is -3.98. The standard InChI is InChI=1S/C28H17N3/c1-2-5-17-16(4-1)14-23-18(17)7-8-19-20-9-10-21-22-6-3-11-29-27(22)31-13-12-30-28(31)26(21)25(20)15-24(19)23/h1-13H,14-15H2. The normalized spacial score (nSPS) is 13.5. The molecule has 0 aliphatic heterocycles. The minimum absolute atomic E-state index is 0.966. The van der Waals surface area contributed by atoms with E-state index in [0.29, 0.717) is 0 Å². The summed E-state index contributed by atoms with van der Waals surface area (Å²) in [6.45, 7) is 0. The third kappa shape index (κ3) is 1.85. The average molecular weight is 395 g/mol. The van der Waals surface area contributed by atoms with Gasteiger partial charge < -0.3 is 0 Å². The van der Waals surface area contributed by atoms with E-state index in [4.69, 9.17) is 4.98 Å². The summed E-state index contributed by atoms with van der Waals surface area (Å²) in [4.78, 5) is 9.42. The van der Waals surface area contributed by atoms with Crippen LogP contribution in [0.1, 0.15) is 22.3 Å². The number of hydrogen-bond acceptors (Lipinski definition) is 2. The summed E-state index contributed by atoms with van der Waals surface area (Å²) >= 11 is 0. The van der Waals surface area contributed by atoms with Gasteiger partial charge in [0.25, 0.3) is 0 Å². The fourth-order valence-electron chi connectivity index (χ4n) is 5.93. The number of imidazole rings is 1. The minimum Gasteiger partial charge on any atom is -0.283 e. The molecule has 31 heavy (non-hydrogen) atoms. The van der Waals surface area contributed by atoms with Crippen molar-refractivity contribution in [3.8, 4) is 22.3 Å². The van der Waals surface area contributed by atoms with Crippen molar-refractivity contribution in [2.75, 3.05) is 0 Å². The first-order chi connectivity index (χ1) is 15.4. The van der Waals surface area contributed by atoms with E-state index in [0.717, 1.165) is 24.1 Å². The van der Waals surface area contributed by atoms with Crippen LogP contribution in [0, 0.1) is 0 Å². The maximum atomic E-state index is 4.77. The fourth-order valence-corrected chi connectivity index (χ4v) is 5.93. The van der Waals surface area contributed by atoms with Crippen LogP contribution in [0.15, 0.2) is 79.3 Å². The van der Waals surface area contributed by atoms with Crippen LogP contribution in [-0.2, 0) is 12.8 Å². The molecule has 2 aliphatic rings. The second-order valence-corrected chi connectivity index (χ2v) is 8.64. The molecule has 3 aromatic carbocycles. The van der Waals surface area contributed by atoms with Gasteiger partial charge in [-0.1, -0.05) is 48.5 Å². The summed E-state index contributed by atoms with van der Waals surface area (Å²) in [5.41, 5.74) is 13.4. The Morgan fingerprint density at radius 1 is 0.581 bits per heavy atom. The highest BCUT2D eigenvalue weighted by Gasteiger charge is 2.29. The number of nitrogens with zero attached hydrogens (tertiary/aromatic N) is 3. The number of aromatic nitrogens is 3. The van der Waals surface area contributed by atoms with Crippen LogP contribution < -0.4 is 0 Å². The highest BCUT2D eigenvalue weighted by molar-refractivity contribution is 6.14. The molecule has 3 heteroatoms. The predicted molar refractivity (Wildman–Crippen MR) is 124 cm³/mol. The lowest BCUT2D eigenvalue weighted by Gasteiger charge is -2.11. The third-order valence-electron chi connectivity index (χ3n) is 7.23. The molecule has 0 fully saturated rings. The molecule has 144 valence electrons. The topological polar surface area (TPSA) is 30.2 Å². The predicted octanol–water partition coefficient (Wildman–Crippen LogP) is 6.18. The van der Waals surface area contributed by atoms with Gasteiger partial charge >= 0.3 is 0 Å². The van der Waals surface area contributed by atoms with Gasteiger partial charge in [-0.2, -0.15) is 0 Å². The van der Waals surface area contributed by atoms with Crippen LogP contribution in [0.3, 0.4) is 0 Å². The van der Waals surface area contributed by atoms with Gasteiger partial charge in [0, 0.05) is 29.4 Å². The number of pyridine rings is 2. The zero-order valence-electron chi connectivity index (χ0n) is 16.8. The molecule has 0 saturated heterocycles. The quantitative estimate of drug-likeness (QED) is 0.287. The largest absolute Gasteiger partial charge is 0.283 e. The SMILES string of the molecule is c1ccc2c(c1)Cc1c-2ccc2c1Cc1c-2ccc2c3cccnc3n3ccnc3c12. The Morgan fingerprint density at radius 2 is 1.35 bits per heavy atom. The zero-order valence-corrected chi connectivity index (χ0v) is 16.8. The minimum atomic E-state index is 0.966. The van der Waals surface area contributed by atoms with E-state index in [1.54, 1.807) is 0 Å². The zero-order chi connectivity index (χ0) is 20.1. The van der Waals surface area contributed by atoms with Crippen LogP contribution in [0.4, 0.5) is 0 Å². The van der Waals surface area contributed by atoms with Crippen molar-refractivity contribution in [3.63, 3.8) is 0 Å². The molecule has 2 aliphatic carbocycles. The Balaban J connectivity index is 1.46. The van der Waals surface area contributed by atoms with E-state index in [1.165, 1.54) is 60.7 Å². The van der Waals surface area contributed by atoms with E-state index >= 15 is 0 Å². The lowest BCUT2D eigenvalue weighted by atomic mass is 9.96. The monoisotopic (exact) mass is 395 g/mol. The average Bonchev–Trinajstić information content (AvgIpc) is 3.53. The van der Waals surface area contributed by atoms with Crippen molar-refractivity contribution in [1.82, 2.24) is 14.4 Å². The van der Waals surface area contributed by atoms with Gasteiger partial charge in [0.05, 0.1) is 0 Å². The second kappa shape index (κ2) is 5.38. The summed E-state index contributed by atoms with van der Waals surface area (Å²) < 4.78 is 2.14. The van der Waals surface area contributed by atoms with E-state index in [1.807, 2.05) is 24.7 Å². The van der Waals surface area contributed by atoms with Gasteiger partial charge in [-0.05, 0) is 74.9 Å². The number of fused-ring (bicyclic) bond motifs is 14. The molecule has 3 aromatic heterocycles. The summed E-state index contributed by atoms with van der Waals surface area (Å²) in [6, 6.07) is 22.3. The first kappa shape index (κ1) is 15.8. The summed E-state index contributed by atoms with van der Waals surface area (Å²) in [7, 11) is 0. The van der Waals surface area contributed by atoms with Crippen molar-refractivity contribution in [2.24, 2.45) is 0 Å². The van der Waals surface area contributed by atoms with E-state index in [9.17, 15) is 0 Å². The number of hydrogen-bond donors (Lipinski definition) is 0. The highest BCUT2D eigenvalue weighted by Crippen LogP contribution is 2.48. The molecule has 3 nitrogen and oxygen atoms in total. The molecule has 3 heterocycles. The first-order valence-electron chi connectivity index (χ1n) is 10.8. The third-order valence-corrected chi connectivity index (χ3v) is 7.23. The van der Waals surface area contributed by atoms with Gasteiger partial charge in [0.15, 0.2) is 0 Å². The van der Waals surface area contributed by atoms with Crippen LogP contribution in [0.2, 0.25) is 0 Å². The van der Waals surface area contributed by atoms with Gasteiger partial charge in [-0.3, -0.25) is 4.40 Å². The lowest BCUT2D eigenvalue weighted by Crippen LogP contribution is -1.96. The number of benzene rings is 3. The molecule has 0 radical (unpaired) electrons. The highest BCUT2D eigenvalue weighted by atomic mass is 15.0. The van der Waals surface area contributed by atoms with Crippen molar-refractivity contribution in [3.05, 3.63) is 102 Å². The van der Waals surface area contributed by atoms with Crippen LogP contribution in [-0.4, -0.2) is 14.4 Å². The Labute approximate surface area is 178 Å². The fraction of sp³-hybridized carbons (Fsp3) is 0.0714. The summed E-state index contributed by atoms with van der Waals surface area (Å²) in [5.74, 6) is 0. The maximum absolute atomic E-state index is 4.77. The second-order valence-electron chi connectivity index (χ2n) is 8.64. The molecule has 0 unspecified atom stereocenters. The lowest BCUT2D eigenvalue weighted by molar-refractivity contribution is 1.16. The molecule has 0 spiro atoms. The maximum Gasteiger partial charge on any atom is 0.146 e. The Morgan fingerprint density at radius 3 is 2.32 bits per heavy atom. The first-order valence-corrected chi connectivity index (χ1v) is 10.8. The summed E-state index contributed by atoms with van der Waals surface area (Å²) in [5, 5.41) is 3.69. The number of rotatable bonds is 0. The van der Waals surface area contributed by atoms with Gasteiger partial charge in [0.1, 0.15) is 11.3 Å². The molecular weight excluding hydrogens is 378 g/mol. The molecule has 8 rings (SSSR count). The summed E-state index contributed by atoms with van der Waals surface area (Å²) in [6.07, 6.45) is 7.77. The molecular formula is C28H17N3. The van der Waals surface area contributed by atoms with E-state index < -0.39 is 0 Å². The molecule has 0 N–H and O–H groups in total. The molecule has 6 aromatic rings. The van der Waals surface area contributed by atoms with Crippen molar-refractivity contribution < 1.29 is 0 Å². The van der Waals surface area contributed by atoms with Gasteiger partial charge in [-0.15, -0.1) is 0 Å². The van der Waals surface area contributed by atoms with Crippen molar-refractivity contribution >= 4 is 27.5 Å². The molecule has 0 amide bonds.